The summed E-state index contributed by atoms with van der Waals surface area (Å²) in [6.45, 7) is 7.86. The van der Waals surface area contributed by atoms with Crippen LogP contribution in [0.4, 0.5) is 0 Å². The van der Waals surface area contributed by atoms with E-state index in [2.05, 4.69) is 36.4 Å². The molecular weight excluding hydrogens is 350 g/mol. The summed E-state index contributed by atoms with van der Waals surface area (Å²) in [5.41, 5.74) is 0.0160. The van der Waals surface area contributed by atoms with Gasteiger partial charge in [-0.05, 0) is 27.2 Å². The molecule has 0 aromatic carbocycles. The molecule has 1 atom stereocenters. The van der Waals surface area contributed by atoms with Crippen molar-refractivity contribution < 1.29 is 14.6 Å². The maximum atomic E-state index is 10.1. The number of nitrogens with one attached hydrogen (secondary N) is 2. The van der Waals surface area contributed by atoms with Gasteiger partial charge in [-0.1, -0.05) is 43.4 Å². The summed E-state index contributed by atoms with van der Waals surface area (Å²) < 4.78 is 5.29. The summed E-state index contributed by atoms with van der Waals surface area (Å²) in [5.74, 6) is 0.204. The highest BCUT2D eigenvalue weighted by molar-refractivity contribution is 7.11. The fourth-order valence-corrected chi connectivity index (χ4v) is 2.88. The van der Waals surface area contributed by atoms with Crippen LogP contribution in [0.5, 0.6) is 5.19 Å². The molecule has 7 heteroatoms. The average Bonchev–Trinajstić information content (AvgIpc) is 3.34. The Kier molecular flexibility index (Phi) is 11.5. The fraction of sp³-hybridized carbons (Fsp3) is 0.789. The number of β-amino-alcohol motifs (C(OH)–C–C–N with tert-alkyl or cyclic N) is 1. The van der Waals surface area contributed by atoms with E-state index in [-0.39, 0.29) is 18.1 Å². The third-order valence-corrected chi connectivity index (χ3v) is 4.51. The minimum absolute atomic E-state index is 0.0160. The van der Waals surface area contributed by atoms with Gasteiger partial charge in [-0.2, -0.15) is 0 Å². The standard InChI is InChI=1S/C10H18N2O2S.C5H10.C4H7NO/c1-10(2,3)12-6-8(13)7-14-9-11-4-5-15-9;1-2-4-5-3-1;6-4-2-1-3-5-4/h4-5,8,12-13H,6-7H2,1-3H3;1-5H2;1-3H2,(H,5,6). The molecule has 2 heterocycles. The van der Waals surface area contributed by atoms with Crippen molar-refractivity contribution >= 4 is 17.2 Å². The van der Waals surface area contributed by atoms with Gasteiger partial charge < -0.3 is 20.5 Å². The first-order valence-corrected chi connectivity index (χ1v) is 10.5. The van der Waals surface area contributed by atoms with E-state index >= 15 is 0 Å². The lowest BCUT2D eigenvalue weighted by Gasteiger charge is -2.22. The molecule has 1 aliphatic heterocycles. The molecule has 1 saturated carbocycles. The smallest absolute Gasteiger partial charge is 0.273 e. The molecule has 2 fully saturated rings. The van der Waals surface area contributed by atoms with E-state index in [0.717, 1.165) is 19.4 Å². The number of aliphatic hydroxyl groups excluding tert-OH is 1. The third-order valence-electron chi connectivity index (χ3n) is 3.83. The van der Waals surface area contributed by atoms with Gasteiger partial charge in [-0.3, -0.25) is 4.79 Å². The zero-order valence-corrected chi connectivity index (χ0v) is 17.2. The Bertz CT molecular complexity index is 455. The first kappa shape index (κ1) is 22.9. The molecule has 2 aliphatic rings. The minimum Gasteiger partial charge on any atom is -0.467 e. The second kappa shape index (κ2) is 13.1. The highest BCUT2D eigenvalue weighted by Gasteiger charge is 2.12. The van der Waals surface area contributed by atoms with Crippen LogP contribution in [0.2, 0.25) is 0 Å². The van der Waals surface area contributed by atoms with Crippen molar-refractivity contribution in [2.75, 3.05) is 19.7 Å². The Morgan fingerprint density at radius 1 is 1.27 bits per heavy atom. The molecule has 26 heavy (non-hydrogen) atoms. The lowest BCUT2D eigenvalue weighted by atomic mass is 10.1. The Balaban J connectivity index is 0.000000247. The van der Waals surface area contributed by atoms with E-state index in [4.69, 9.17) is 4.74 Å². The quantitative estimate of drug-likeness (QED) is 0.725. The van der Waals surface area contributed by atoms with Crippen LogP contribution in [-0.4, -0.2) is 47.3 Å². The van der Waals surface area contributed by atoms with Crippen molar-refractivity contribution in [3.8, 4) is 5.19 Å². The summed E-state index contributed by atoms with van der Waals surface area (Å²) in [4.78, 5) is 14.1. The van der Waals surface area contributed by atoms with Gasteiger partial charge in [0.25, 0.3) is 5.19 Å². The SMILES string of the molecule is C1CCCC1.CC(C)(C)NCC(O)COc1nccs1.O=C1CCCN1. The van der Waals surface area contributed by atoms with Crippen molar-refractivity contribution in [1.29, 1.82) is 0 Å². The van der Waals surface area contributed by atoms with Crippen LogP contribution >= 0.6 is 11.3 Å². The monoisotopic (exact) mass is 385 g/mol. The van der Waals surface area contributed by atoms with Gasteiger partial charge in [0.2, 0.25) is 5.91 Å². The number of amides is 1. The van der Waals surface area contributed by atoms with Gasteiger partial charge in [0.15, 0.2) is 0 Å². The molecule has 1 aromatic rings. The third kappa shape index (κ3) is 13.1. The highest BCUT2D eigenvalue weighted by Crippen LogP contribution is 2.15. The molecular formula is C19H35N3O3S. The number of aliphatic hydroxyl groups is 1. The van der Waals surface area contributed by atoms with E-state index in [1.165, 1.54) is 43.4 Å². The minimum atomic E-state index is -0.506. The molecule has 150 valence electrons. The number of carbonyl (C=O) groups excluding carboxylic acids is 1. The van der Waals surface area contributed by atoms with Crippen LogP contribution in [0.25, 0.3) is 0 Å². The van der Waals surface area contributed by atoms with Crippen LogP contribution in [0.1, 0.15) is 65.7 Å². The van der Waals surface area contributed by atoms with E-state index < -0.39 is 6.10 Å². The second-order valence-electron chi connectivity index (χ2n) is 7.62. The van der Waals surface area contributed by atoms with Crippen molar-refractivity contribution in [3.63, 3.8) is 0 Å². The van der Waals surface area contributed by atoms with Gasteiger partial charge in [0, 0.05) is 36.6 Å². The lowest BCUT2D eigenvalue weighted by Crippen LogP contribution is -2.42. The topological polar surface area (TPSA) is 83.5 Å². The van der Waals surface area contributed by atoms with Crippen LogP contribution in [0.3, 0.4) is 0 Å². The summed E-state index contributed by atoms with van der Waals surface area (Å²) in [7, 11) is 0. The Hall–Kier alpha value is -1.18. The molecule has 1 aromatic heterocycles. The molecule has 0 bridgehead atoms. The Labute approximate surface area is 161 Å². The van der Waals surface area contributed by atoms with Gasteiger partial charge in [-0.15, -0.1) is 0 Å². The number of ether oxygens (including phenoxy) is 1. The summed E-state index contributed by atoms with van der Waals surface area (Å²) in [6, 6.07) is 0. The molecule has 1 saturated heterocycles. The molecule has 1 aliphatic carbocycles. The largest absolute Gasteiger partial charge is 0.467 e. The van der Waals surface area contributed by atoms with Crippen LogP contribution < -0.4 is 15.4 Å². The van der Waals surface area contributed by atoms with E-state index in [1.54, 1.807) is 6.20 Å². The van der Waals surface area contributed by atoms with Crippen molar-refractivity contribution in [2.24, 2.45) is 0 Å². The normalized spacial score (nSPS) is 17.5. The average molecular weight is 386 g/mol. The second-order valence-corrected chi connectivity index (χ2v) is 8.47. The van der Waals surface area contributed by atoms with Crippen molar-refractivity contribution in [2.45, 2.75) is 77.4 Å². The number of thiazole rings is 1. The summed E-state index contributed by atoms with van der Waals surface area (Å²) in [5, 5.41) is 17.9. The molecule has 0 radical (unpaired) electrons. The van der Waals surface area contributed by atoms with Crippen LogP contribution in [-0.2, 0) is 4.79 Å². The number of aromatic nitrogens is 1. The van der Waals surface area contributed by atoms with Gasteiger partial charge in [-0.25, -0.2) is 4.98 Å². The molecule has 0 spiro atoms. The van der Waals surface area contributed by atoms with Crippen LogP contribution in [0, 0.1) is 0 Å². The zero-order chi connectivity index (χ0) is 19.3. The zero-order valence-electron chi connectivity index (χ0n) is 16.4. The predicted octanol–water partition coefficient (Wildman–Crippen LogP) is 3.12. The van der Waals surface area contributed by atoms with Gasteiger partial charge in [0.1, 0.15) is 12.7 Å². The van der Waals surface area contributed by atoms with Crippen molar-refractivity contribution in [3.05, 3.63) is 11.6 Å². The Morgan fingerprint density at radius 2 is 1.92 bits per heavy atom. The molecule has 3 rings (SSSR count). The number of carbonyl (C=O) groups is 1. The number of hydrogen-bond acceptors (Lipinski definition) is 6. The molecule has 3 N–H and O–H groups in total. The van der Waals surface area contributed by atoms with Crippen LogP contribution in [0.15, 0.2) is 11.6 Å². The van der Waals surface area contributed by atoms with E-state index in [1.807, 2.05) is 5.38 Å². The highest BCUT2D eigenvalue weighted by atomic mass is 32.1. The first-order valence-electron chi connectivity index (χ1n) is 9.59. The summed E-state index contributed by atoms with van der Waals surface area (Å²) in [6.07, 6.45) is 10.4. The number of nitrogens with zero attached hydrogens (tertiary/aromatic N) is 1. The van der Waals surface area contributed by atoms with Gasteiger partial charge >= 0.3 is 0 Å². The number of rotatable bonds is 5. The first-order chi connectivity index (χ1) is 12.4. The van der Waals surface area contributed by atoms with Gasteiger partial charge in [0.05, 0.1) is 0 Å². The van der Waals surface area contributed by atoms with Crippen molar-refractivity contribution in [1.82, 2.24) is 15.6 Å². The fourth-order valence-electron chi connectivity index (χ4n) is 2.38. The molecule has 6 nitrogen and oxygen atoms in total. The lowest BCUT2D eigenvalue weighted by molar-refractivity contribution is -0.119. The Morgan fingerprint density at radius 3 is 2.31 bits per heavy atom. The molecule has 1 unspecified atom stereocenters. The summed E-state index contributed by atoms with van der Waals surface area (Å²) >= 11 is 1.42. The maximum absolute atomic E-state index is 10.1. The van der Waals surface area contributed by atoms with E-state index in [0.29, 0.717) is 11.7 Å². The predicted molar refractivity (Wildman–Crippen MR) is 107 cm³/mol. The maximum Gasteiger partial charge on any atom is 0.273 e. The number of hydrogen-bond donors (Lipinski definition) is 3. The molecule has 1 amide bonds. The van der Waals surface area contributed by atoms with E-state index in [9.17, 15) is 9.90 Å².